The highest BCUT2D eigenvalue weighted by Crippen LogP contribution is 2.30. The topological polar surface area (TPSA) is 44.1 Å². The van der Waals surface area contributed by atoms with E-state index >= 15 is 0 Å². The fourth-order valence-corrected chi connectivity index (χ4v) is 1.77. The van der Waals surface area contributed by atoms with Gasteiger partial charge in [0, 0.05) is 13.0 Å². The minimum atomic E-state index is -0.583. The molecular weight excluding hydrogens is 200 g/mol. The maximum atomic E-state index is 11.6. The second-order valence-corrected chi connectivity index (χ2v) is 5.05. The molecule has 1 unspecified atom stereocenters. The Morgan fingerprint density at radius 1 is 1.71 bits per heavy atom. The quantitative estimate of drug-likeness (QED) is 0.658. The number of halogens is 1. The first kappa shape index (κ1) is 11.3. The first-order chi connectivity index (χ1) is 6.44. The van der Waals surface area contributed by atoms with E-state index in [4.69, 9.17) is 16.9 Å². The van der Waals surface area contributed by atoms with E-state index in [2.05, 4.69) is 13.8 Å². The van der Waals surface area contributed by atoms with Crippen molar-refractivity contribution >= 4 is 17.5 Å². The summed E-state index contributed by atoms with van der Waals surface area (Å²) < 4.78 is 0. The van der Waals surface area contributed by atoms with Crippen LogP contribution in [0.25, 0.3) is 0 Å². The number of rotatable bonds is 2. The molecule has 0 aromatic carbocycles. The van der Waals surface area contributed by atoms with Crippen LogP contribution in [0.15, 0.2) is 0 Å². The van der Waals surface area contributed by atoms with Gasteiger partial charge >= 0.3 is 0 Å². The number of amides is 1. The van der Waals surface area contributed by atoms with E-state index in [0.717, 1.165) is 13.0 Å². The first-order valence-corrected chi connectivity index (χ1v) is 5.20. The van der Waals surface area contributed by atoms with Crippen molar-refractivity contribution in [3.8, 4) is 6.07 Å². The summed E-state index contributed by atoms with van der Waals surface area (Å²) in [5, 5.41) is 7.95. The van der Waals surface area contributed by atoms with Gasteiger partial charge in [-0.15, -0.1) is 11.6 Å². The molecule has 0 aliphatic carbocycles. The molecule has 0 saturated carbocycles. The molecule has 1 heterocycles. The van der Waals surface area contributed by atoms with Gasteiger partial charge in [-0.25, -0.2) is 0 Å². The molecule has 1 aliphatic rings. The van der Waals surface area contributed by atoms with Crippen molar-refractivity contribution in [3.63, 3.8) is 0 Å². The molecule has 0 bridgehead atoms. The van der Waals surface area contributed by atoms with E-state index in [-0.39, 0.29) is 11.3 Å². The number of nitrogens with zero attached hydrogens (tertiary/aromatic N) is 2. The summed E-state index contributed by atoms with van der Waals surface area (Å²) in [5.41, 5.74) is 0.0992. The SMILES string of the molecule is CC1(C)CCN(CC(Cl)C#N)C(=O)C1. The molecule has 14 heavy (non-hydrogen) atoms. The largest absolute Gasteiger partial charge is 0.340 e. The molecule has 4 heteroatoms. The average Bonchev–Trinajstić information content (AvgIpc) is 2.09. The minimum Gasteiger partial charge on any atom is -0.340 e. The Morgan fingerprint density at radius 2 is 2.36 bits per heavy atom. The van der Waals surface area contributed by atoms with Crippen molar-refractivity contribution in [1.29, 1.82) is 5.26 Å². The Bertz CT molecular complexity index is 270. The van der Waals surface area contributed by atoms with Crippen LogP contribution in [-0.4, -0.2) is 29.3 Å². The van der Waals surface area contributed by atoms with Crippen molar-refractivity contribution in [2.75, 3.05) is 13.1 Å². The number of hydrogen-bond donors (Lipinski definition) is 0. The zero-order chi connectivity index (χ0) is 10.8. The van der Waals surface area contributed by atoms with Gasteiger partial charge in [0.05, 0.1) is 12.6 Å². The molecule has 3 nitrogen and oxygen atoms in total. The van der Waals surface area contributed by atoms with E-state index in [1.165, 1.54) is 0 Å². The van der Waals surface area contributed by atoms with Crippen LogP contribution in [0.3, 0.4) is 0 Å². The summed E-state index contributed by atoms with van der Waals surface area (Å²) in [6.45, 7) is 5.25. The molecule has 0 aromatic rings. The van der Waals surface area contributed by atoms with Crippen LogP contribution in [0, 0.1) is 16.7 Å². The number of carbonyl (C=O) groups excluding carboxylic acids is 1. The van der Waals surface area contributed by atoms with Crippen LogP contribution in [0.5, 0.6) is 0 Å². The fourth-order valence-electron chi connectivity index (χ4n) is 1.60. The van der Waals surface area contributed by atoms with Crippen LogP contribution >= 0.6 is 11.6 Å². The number of alkyl halides is 1. The van der Waals surface area contributed by atoms with Crippen LogP contribution in [0.1, 0.15) is 26.7 Å². The van der Waals surface area contributed by atoms with Crippen molar-refractivity contribution < 1.29 is 4.79 Å². The molecule has 0 radical (unpaired) electrons. The number of piperidine rings is 1. The maximum Gasteiger partial charge on any atom is 0.223 e. The van der Waals surface area contributed by atoms with Gasteiger partial charge in [-0.1, -0.05) is 13.8 Å². The second-order valence-electron chi connectivity index (χ2n) is 4.53. The van der Waals surface area contributed by atoms with Crippen LogP contribution in [-0.2, 0) is 4.79 Å². The molecule has 1 saturated heterocycles. The molecular formula is C10H15ClN2O. The summed E-state index contributed by atoms with van der Waals surface area (Å²) in [7, 11) is 0. The Hall–Kier alpha value is -0.750. The lowest BCUT2D eigenvalue weighted by atomic mass is 9.82. The number of carbonyl (C=O) groups is 1. The van der Waals surface area contributed by atoms with Gasteiger partial charge in [0.25, 0.3) is 0 Å². The summed E-state index contributed by atoms with van der Waals surface area (Å²) in [6, 6.07) is 1.93. The standard InChI is InChI=1S/C10H15ClN2O/c1-10(2)3-4-13(9(14)5-10)7-8(11)6-12/h8H,3-5,7H2,1-2H3. The Morgan fingerprint density at radius 3 is 2.86 bits per heavy atom. The lowest BCUT2D eigenvalue weighted by Crippen LogP contribution is -2.44. The smallest absolute Gasteiger partial charge is 0.223 e. The van der Waals surface area contributed by atoms with E-state index in [1.807, 2.05) is 6.07 Å². The third kappa shape index (κ3) is 2.88. The molecule has 1 fully saturated rings. The first-order valence-electron chi connectivity index (χ1n) is 4.76. The second kappa shape index (κ2) is 4.18. The molecule has 1 rings (SSSR count). The van der Waals surface area contributed by atoms with E-state index in [1.54, 1.807) is 4.90 Å². The average molecular weight is 215 g/mol. The molecule has 0 spiro atoms. The van der Waals surface area contributed by atoms with Gasteiger partial charge in [-0.3, -0.25) is 4.79 Å². The van der Waals surface area contributed by atoms with E-state index < -0.39 is 5.38 Å². The normalized spacial score (nSPS) is 23.0. The van der Waals surface area contributed by atoms with Crippen molar-refractivity contribution in [1.82, 2.24) is 4.90 Å². The zero-order valence-corrected chi connectivity index (χ0v) is 9.34. The van der Waals surface area contributed by atoms with Crippen molar-refractivity contribution in [3.05, 3.63) is 0 Å². The summed E-state index contributed by atoms with van der Waals surface area (Å²) in [4.78, 5) is 13.3. The molecule has 1 atom stereocenters. The third-order valence-corrected chi connectivity index (χ3v) is 2.80. The van der Waals surface area contributed by atoms with Gasteiger partial charge in [-0.05, 0) is 11.8 Å². The summed E-state index contributed by atoms with van der Waals surface area (Å²) >= 11 is 5.68. The van der Waals surface area contributed by atoms with Crippen LogP contribution in [0.4, 0.5) is 0 Å². The highest BCUT2D eigenvalue weighted by atomic mass is 35.5. The Labute approximate surface area is 89.6 Å². The number of nitriles is 1. The van der Waals surface area contributed by atoms with E-state index in [9.17, 15) is 4.79 Å². The maximum absolute atomic E-state index is 11.6. The molecule has 1 amide bonds. The molecule has 78 valence electrons. The molecule has 0 aromatic heterocycles. The Kier molecular flexibility index (Phi) is 3.38. The predicted octanol–water partition coefficient (Wildman–Crippen LogP) is 1.77. The summed E-state index contributed by atoms with van der Waals surface area (Å²) in [5.74, 6) is 0.113. The predicted molar refractivity (Wildman–Crippen MR) is 54.8 cm³/mol. The lowest BCUT2D eigenvalue weighted by Gasteiger charge is -2.36. The van der Waals surface area contributed by atoms with Crippen molar-refractivity contribution in [2.24, 2.45) is 5.41 Å². The molecule has 1 aliphatic heterocycles. The summed E-state index contributed by atoms with van der Waals surface area (Å²) in [6.07, 6.45) is 1.54. The number of likely N-dealkylation sites (tertiary alicyclic amines) is 1. The van der Waals surface area contributed by atoms with Gasteiger partial charge < -0.3 is 4.90 Å². The van der Waals surface area contributed by atoms with Gasteiger partial charge in [0.1, 0.15) is 5.38 Å². The van der Waals surface area contributed by atoms with Crippen LogP contribution < -0.4 is 0 Å². The fraction of sp³-hybridized carbons (Fsp3) is 0.800. The number of hydrogen-bond acceptors (Lipinski definition) is 2. The van der Waals surface area contributed by atoms with Crippen LogP contribution in [0.2, 0.25) is 0 Å². The molecule has 0 N–H and O–H groups in total. The van der Waals surface area contributed by atoms with Gasteiger partial charge in [0.15, 0.2) is 0 Å². The van der Waals surface area contributed by atoms with Crippen molar-refractivity contribution in [2.45, 2.75) is 32.1 Å². The van der Waals surface area contributed by atoms with Gasteiger partial charge in [0.2, 0.25) is 5.91 Å². The van der Waals surface area contributed by atoms with E-state index in [0.29, 0.717) is 13.0 Å². The third-order valence-electron chi connectivity index (χ3n) is 2.56. The monoisotopic (exact) mass is 214 g/mol. The highest BCUT2D eigenvalue weighted by Gasteiger charge is 2.31. The lowest BCUT2D eigenvalue weighted by molar-refractivity contribution is -0.136. The Balaban J connectivity index is 2.52. The minimum absolute atomic E-state index is 0.0992. The zero-order valence-electron chi connectivity index (χ0n) is 8.59. The highest BCUT2D eigenvalue weighted by molar-refractivity contribution is 6.22. The van der Waals surface area contributed by atoms with Gasteiger partial charge in [-0.2, -0.15) is 5.26 Å².